The number of aliphatic hydroxyl groups excluding tert-OH is 2. The molecule has 25 nitrogen and oxygen atoms in total. The van der Waals surface area contributed by atoms with E-state index in [4.69, 9.17) is 46.7 Å². The number of aromatic amines is 3. The van der Waals surface area contributed by atoms with E-state index in [2.05, 4.69) is 25.6 Å². The summed E-state index contributed by atoms with van der Waals surface area (Å²) in [6.45, 7) is 11.0. The molecule has 9 N–H and O–H groups in total. The molecule has 2 aliphatic rings. The van der Waals surface area contributed by atoms with Crippen LogP contribution in [-0.2, 0) is 28.4 Å². The van der Waals surface area contributed by atoms with Crippen LogP contribution >= 0.6 is 0 Å². The maximum Gasteiger partial charge on any atom is 0.364 e. The minimum Gasteiger partial charge on any atom is -0.505 e. The molecule has 0 saturated carbocycles. The van der Waals surface area contributed by atoms with Gasteiger partial charge in [0.2, 0.25) is 12.6 Å². The number of esters is 2. The zero-order valence-corrected chi connectivity index (χ0v) is 43.3. The summed E-state index contributed by atoms with van der Waals surface area (Å²) in [4.78, 5) is 88.3. The van der Waals surface area contributed by atoms with E-state index in [0.717, 1.165) is 6.20 Å². The summed E-state index contributed by atoms with van der Waals surface area (Å²) in [5, 5.41) is 50.2. The number of ether oxygens (including phenoxy) is 8. The number of H-pyrrole nitrogens is 3. The molecule has 9 rings (SSSR count). The van der Waals surface area contributed by atoms with E-state index in [1.54, 1.807) is 39.8 Å². The van der Waals surface area contributed by atoms with Crippen molar-refractivity contribution >= 4 is 57.1 Å². The van der Waals surface area contributed by atoms with Gasteiger partial charge in [0.15, 0.2) is 47.3 Å². The molecule has 7 aromatic rings. The zero-order chi connectivity index (χ0) is 56.3. The lowest BCUT2D eigenvalue weighted by atomic mass is 9.89. The summed E-state index contributed by atoms with van der Waals surface area (Å²) >= 11 is 0. The van der Waals surface area contributed by atoms with Gasteiger partial charge in [0, 0.05) is 43.9 Å². The van der Waals surface area contributed by atoms with Crippen LogP contribution in [0.25, 0.3) is 21.9 Å². The highest BCUT2D eigenvalue weighted by Gasteiger charge is 2.55. The number of aromatic nitrogens is 3. The molecule has 25 heteroatoms. The number of hydrogen-bond acceptors (Lipinski definition) is 20. The van der Waals surface area contributed by atoms with E-state index in [1.807, 2.05) is 0 Å². The molecule has 7 heterocycles. The molecule has 5 aromatic heterocycles. The minimum absolute atomic E-state index is 0.0245. The molecule has 0 radical (unpaired) electrons. The number of nitrogens with one attached hydrogen (secondary N) is 5. The lowest BCUT2D eigenvalue weighted by Crippen LogP contribution is -2.65. The summed E-state index contributed by atoms with van der Waals surface area (Å²) < 4.78 is 58.1. The SMILES string of the molecule is COC1C(OC(=O)c2ccc[nH]2)C(O)C(Oc2ccc3c(O)c(NC(=O)c4c[nH]c(C(=O)Nc5c(O)c6ccc(OC7OC(C)(C)C(OC)C(OC(=O)c8ccc[nH]8)C7O)c(C)c6oc5=O)c4C)c(=O)oc3c2C)OC1(C)C. The van der Waals surface area contributed by atoms with Crippen molar-refractivity contribution < 1.29 is 86.3 Å². The lowest BCUT2D eigenvalue weighted by Gasteiger charge is -2.47. The average molecular weight is 1080 g/mol. The van der Waals surface area contributed by atoms with E-state index in [0.29, 0.717) is 0 Å². The highest BCUT2D eigenvalue weighted by molar-refractivity contribution is 6.12. The number of aromatic hydroxyl groups is 2. The van der Waals surface area contributed by atoms with Crippen LogP contribution in [0.15, 0.2) is 85.5 Å². The fraction of sp³-hybridized carbons (Fsp3) is 0.358. The van der Waals surface area contributed by atoms with Crippen LogP contribution in [0.4, 0.5) is 11.4 Å². The Morgan fingerprint density at radius 3 is 1.42 bits per heavy atom. The number of benzene rings is 2. The van der Waals surface area contributed by atoms with Gasteiger partial charge in [0.1, 0.15) is 52.0 Å². The highest BCUT2D eigenvalue weighted by Crippen LogP contribution is 2.41. The molecule has 2 amide bonds. The molecular weight excluding hydrogens is 1030 g/mol. The molecule has 78 heavy (non-hydrogen) atoms. The molecular formula is C53H55N5O20. The Bertz CT molecular complexity index is 3350. The molecule has 2 aliphatic heterocycles. The van der Waals surface area contributed by atoms with Gasteiger partial charge < -0.3 is 92.7 Å². The summed E-state index contributed by atoms with van der Waals surface area (Å²) in [5.74, 6) is -4.73. The monoisotopic (exact) mass is 1080 g/mol. The largest absolute Gasteiger partial charge is 0.505 e. The van der Waals surface area contributed by atoms with Crippen LogP contribution in [0.1, 0.15) is 86.2 Å². The van der Waals surface area contributed by atoms with Gasteiger partial charge in [0.25, 0.3) is 11.8 Å². The third-order valence-electron chi connectivity index (χ3n) is 13.7. The van der Waals surface area contributed by atoms with Gasteiger partial charge in [-0.3, -0.25) is 9.59 Å². The van der Waals surface area contributed by atoms with Gasteiger partial charge in [-0.15, -0.1) is 0 Å². The van der Waals surface area contributed by atoms with Crippen LogP contribution in [0.5, 0.6) is 23.0 Å². The number of rotatable bonds is 14. The van der Waals surface area contributed by atoms with Gasteiger partial charge in [-0.05, 0) is 103 Å². The predicted octanol–water partition coefficient (Wildman–Crippen LogP) is 4.96. The van der Waals surface area contributed by atoms with Crippen molar-refractivity contribution in [2.75, 3.05) is 24.9 Å². The number of hydrogen-bond donors (Lipinski definition) is 9. The number of amides is 2. The molecule has 412 valence electrons. The molecule has 2 aromatic carbocycles. The fourth-order valence-corrected chi connectivity index (χ4v) is 9.69. The van der Waals surface area contributed by atoms with Gasteiger partial charge in [-0.2, -0.15) is 0 Å². The highest BCUT2D eigenvalue weighted by atomic mass is 16.7. The second-order valence-corrected chi connectivity index (χ2v) is 19.6. The first-order valence-corrected chi connectivity index (χ1v) is 24.1. The van der Waals surface area contributed by atoms with Gasteiger partial charge in [0.05, 0.1) is 27.5 Å². The standard InChI is InChI=1S/C53H55N5O20/c1-21-26(44(63)57-32-34(59)24-14-16-29(22(2)38(24)73-48(32)67)71-50-36(61)40(42(69-8)52(4,5)77-50)75-46(65)27-12-10-18-54-27)20-56-31(21)45(64)58-33-35(60)25-15-17-30(23(3)39(25)74-49(33)68)72-51-37(62)41(43(70-9)53(6,7)78-51)76-47(66)28-13-11-19-55-28/h10-20,36-37,40-43,50-51,54-56,59-62H,1-9H3,(H,57,63)(H,58,64). The van der Waals surface area contributed by atoms with Crippen LogP contribution in [0.3, 0.4) is 0 Å². The maximum absolute atomic E-state index is 13.7. The van der Waals surface area contributed by atoms with Crippen molar-refractivity contribution in [3.63, 3.8) is 0 Å². The van der Waals surface area contributed by atoms with Crippen LogP contribution in [0.2, 0.25) is 0 Å². The van der Waals surface area contributed by atoms with E-state index < -0.39 is 118 Å². The normalized spacial score (nSPS) is 22.7. The number of aliphatic hydroxyl groups is 2. The van der Waals surface area contributed by atoms with E-state index in [-0.39, 0.29) is 72.8 Å². The molecule has 8 unspecified atom stereocenters. The van der Waals surface area contributed by atoms with Gasteiger partial charge in [-0.1, -0.05) is 0 Å². The molecule has 8 atom stereocenters. The second kappa shape index (κ2) is 20.8. The lowest BCUT2D eigenvalue weighted by molar-refractivity contribution is -0.305. The number of carbonyl (C=O) groups is 4. The topological polar surface area (TPSA) is 355 Å². The number of fused-ring (bicyclic) bond motifs is 2. The Kier molecular flexibility index (Phi) is 14.5. The van der Waals surface area contributed by atoms with Crippen molar-refractivity contribution in [1.29, 1.82) is 0 Å². The second-order valence-electron chi connectivity index (χ2n) is 19.6. The quantitative estimate of drug-likeness (QED) is 0.0513. The average Bonchev–Trinajstić information content (AvgIpc) is 4.23. The minimum atomic E-state index is -1.59. The van der Waals surface area contributed by atoms with Crippen molar-refractivity contribution in [2.24, 2.45) is 0 Å². The zero-order valence-electron chi connectivity index (χ0n) is 43.3. The summed E-state index contributed by atoms with van der Waals surface area (Å²) in [6.07, 6.45) is -6.24. The van der Waals surface area contributed by atoms with Crippen LogP contribution < -0.4 is 31.4 Å². The molecule has 0 bridgehead atoms. The maximum atomic E-state index is 13.7. The first-order chi connectivity index (χ1) is 37.0. The van der Waals surface area contributed by atoms with E-state index >= 15 is 0 Å². The Morgan fingerprint density at radius 1 is 0.603 bits per heavy atom. The first kappa shape index (κ1) is 54.3. The smallest absolute Gasteiger partial charge is 0.364 e. The van der Waals surface area contributed by atoms with Gasteiger partial charge >= 0.3 is 23.2 Å². The van der Waals surface area contributed by atoms with Gasteiger partial charge in [-0.25, -0.2) is 19.2 Å². The summed E-state index contributed by atoms with van der Waals surface area (Å²) in [7, 11) is 2.75. The molecule has 0 aliphatic carbocycles. The predicted molar refractivity (Wildman–Crippen MR) is 272 cm³/mol. The van der Waals surface area contributed by atoms with Crippen molar-refractivity contribution in [3.8, 4) is 23.0 Å². The van der Waals surface area contributed by atoms with E-state index in [1.165, 1.54) is 83.8 Å². The molecule has 2 fully saturated rings. The molecule has 0 spiro atoms. The third-order valence-corrected chi connectivity index (χ3v) is 13.7. The Morgan fingerprint density at radius 2 is 1.03 bits per heavy atom. The number of anilines is 2. The summed E-state index contributed by atoms with van der Waals surface area (Å²) in [6, 6.07) is 11.7. The van der Waals surface area contributed by atoms with Crippen molar-refractivity contribution in [3.05, 3.63) is 127 Å². The van der Waals surface area contributed by atoms with Crippen molar-refractivity contribution in [1.82, 2.24) is 15.0 Å². The van der Waals surface area contributed by atoms with E-state index in [9.17, 15) is 49.2 Å². The number of carbonyl (C=O) groups excluding carboxylic acids is 4. The number of methoxy groups -OCH3 is 2. The third kappa shape index (κ3) is 9.82. The fourth-order valence-electron chi connectivity index (χ4n) is 9.69. The first-order valence-electron chi connectivity index (χ1n) is 24.1. The Balaban J connectivity index is 0.892. The van der Waals surface area contributed by atoms with Crippen LogP contribution in [0, 0.1) is 20.8 Å². The van der Waals surface area contributed by atoms with Crippen LogP contribution in [-0.4, -0.2) is 134 Å². The number of aryl methyl sites for hydroxylation is 2. The van der Waals surface area contributed by atoms with Crippen molar-refractivity contribution in [2.45, 2.75) is 109 Å². The Labute approximate surface area is 441 Å². The summed E-state index contributed by atoms with van der Waals surface area (Å²) in [5.41, 5.74) is -6.05. The molecule has 2 saturated heterocycles. The Hall–Kier alpha value is -8.46.